The van der Waals surface area contributed by atoms with Gasteiger partial charge in [-0.05, 0) is 53.3 Å². The fourth-order valence-electron chi connectivity index (χ4n) is 3.10. The summed E-state index contributed by atoms with van der Waals surface area (Å²) < 4.78 is 5.26. The van der Waals surface area contributed by atoms with E-state index < -0.39 is 6.09 Å². The van der Waals surface area contributed by atoms with Crippen LogP contribution in [0.3, 0.4) is 0 Å². The van der Waals surface area contributed by atoms with Crippen molar-refractivity contribution in [3.63, 3.8) is 0 Å². The SMILES string of the molecule is O=C(Nc1ccc2c(c1)CN(C(=O)c1cccs1)CC2)Oc1ccccc1. The molecule has 6 heteroatoms. The van der Waals surface area contributed by atoms with Gasteiger partial charge in [-0.15, -0.1) is 11.3 Å². The molecule has 2 aromatic carbocycles. The average Bonchev–Trinajstić information content (AvgIpc) is 3.22. The number of ether oxygens (including phenoxy) is 1. The second-order valence-electron chi connectivity index (χ2n) is 6.27. The van der Waals surface area contributed by atoms with Crippen molar-refractivity contribution in [3.05, 3.63) is 82.0 Å². The van der Waals surface area contributed by atoms with Crippen LogP contribution >= 0.6 is 11.3 Å². The summed E-state index contributed by atoms with van der Waals surface area (Å²) in [5.41, 5.74) is 2.90. The number of rotatable bonds is 3. The average molecular weight is 378 g/mol. The van der Waals surface area contributed by atoms with E-state index in [4.69, 9.17) is 4.74 Å². The summed E-state index contributed by atoms with van der Waals surface area (Å²) in [5, 5.41) is 4.66. The zero-order chi connectivity index (χ0) is 18.6. The Morgan fingerprint density at radius 3 is 2.63 bits per heavy atom. The van der Waals surface area contributed by atoms with Crippen LogP contribution in [0.5, 0.6) is 5.75 Å². The van der Waals surface area contributed by atoms with E-state index >= 15 is 0 Å². The maximum atomic E-state index is 12.6. The van der Waals surface area contributed by atoms with E-state index in [2.05, 4.69) is 5.32 Å². The van der Waals surface area contributed by atoms with Crippen molar-refractivity contribution in [2.75, 3.05) is 11.9 Å². The van der Waals surface area contributed by atoms with Crippen molar-refractivity contribution in [1.29, 1.82) is 0 Å². The van der Waals surface area contributed by atoms with Gasteiger partial charge in [0.15, 0.2) is 0 Å². The third kappa shape index (κ3) is 4.01. The Hall–Kier alpha value is -3.12. The van der Waals surface area contributed by atoms with Gasteiger partial charge in [-0.1, -0.05) is 30.3 Å². The molecule has 0 atom stereocenters. The van der Waals surface area contributed by atoms with Gasteiger partial charge in [0.25, 0.3) is 5.91 Å². The lowest BCUT2D eigenvalue weighted by atomic mass is 9.99. The first-order valence-electron chi connectivity index (χ1n) is 8.67. The van der Waals surface area contributed by atoms with Crippen molar-refractivity contribution in [1.82, 2.24) is 4.90 Å². The molecule has 27 heavy (non-hydrogen) atoms. The van der Waals surface area contributed by atoms with Crippen LogP contribution in [-0.4, -0.2) is 23.4 Å². The fraction of sp³-hybridized carbons (Fsp3) is 0.143. The smallest absolute Gasteiger partial charge is 0.410 e. The Balaban J connectivity index is 1.44. The van der Waals surface area contributed by atoms with Gasteiger partial charge < -0.3 is 9.64 Å². The summed E-state index contributed by atoms with van der Waals surface area (Å²) in [6.07, 6.45) is 0.268. The predicted molar refractivity (Wildman–Crippen MR) is 105 cm³/mol. The molecule has 0 spiro atoms. The van der Waals surface area contributed by atoms with Crippen LogP contribution in [0, 0.1) is 0 Å². The molecular weight excluding hydrogens is 360 g/mol. The number of benzene rings is 2. The van der Waals surface area contributed by atoms with E-state index in [1.165, 1.54) is 16.9 Å². The first-order valence-corrected chi connectivity index (χ1v) is 9.55. The fourth-order valence-corrected chi connectivity index (χ4v) is 3.79. The van der Waals surface area contributed by atoms with E-state index in [1.54, 1.807) is 24.3 Å². The number of amides is 2. The molecule has 0 unspecified atom stereocenters. The van der Waals surface area contributed by atoms with Gasteiger partial charge in [0.1, 0.15) is 5.75 Å². The summed E-state index contributed by atoms with van der Waals surface area (Å²) in [6, 6.07) is 18.4. The molecule has 5 nitrogen and oxygen atoms in total. The number of anilines is 1. The van der Waals surface area contributed by atoms with Crippen LogP contribution in [0.2, 0.25) is 0 Å². The molecule has 1 aliphatic heterocycles. The highest BCUT2D eigenvalue weighted by Crippen LogP contribution is 2.25. The third-order valence-corrected chi connectivity index (χ3v) is 5.30. The van der Waals surface area contributed by atoms with Crippen molar-refractivity contribution in [2.45, 2.75) is 13.0 Å². The van der Waals surface area contributed by atoms with Crippen LogP contribution < -0.4 is 10.1 Å². The lowest BCUT2D eigenvalue weighted by Gasteiger charge is -2.29. The molecule has 0 saturated carbocycles. The lowest BCUT2D eigenvalue weighted by molar-refractivity contribution is 0.0739. The monoisotopic (exact) mass is 378 g/mol. The molecule has 136 valence electrons. The van der Waals surface area contributed by atoms with Crippen LogP contribution in [0.25, 0.3) is 0 Å². The highest BCUT2D eigenvalue weighted by atomic mass is 32.1. The Labute approximate surface area is 161 Å². The summed E-state index contributed by atoms with van der Waals surface area (Å²) >= 11 is 1.45. The minimum Gasteiger partial charge on any atom is -0.410 e. The minimum atomic E-state index is -0.538. The zero-order valence-electron chi connectivity index (χ0n) is 14.6. The maximum absolute atomic E-state index is 12.6. The van der Waals surface area contributed by atoms with Crippen LogP contribution in [-0.2, 0) is 13.0 Å². The van der Waals surface area contributed by atoms with E-state index in [-0.39, 0.29) is 5.91 Å². The van der Waals surface area contributed by atoms with Gasteiger partial charge in [-0.2, -0.15) is 0 Å². The van der Waals surface area contributed by atoms with E-state index in [9.17, 15) is 9.59 Å². The largest absolute Gasteiger partial charge is 0.417 e. The van der Waals surface area contributed by atoms with Crippen LogP contribution in [0.4, 0.5) is 10.5 Å². The Kier molecular flexibility index (Phi) is 4.89. The number of hydrogen-bond acceptors (Lipinski definition) is 4. The van der Waals surface area contributed by atoms with Gasteiger partial charge in [0, 0.05) is 18.8 Å². The molecule has 2 heterocycles. The normalized spacial score (nSPS) is 13.0. The van der Waals surface area contributed by atoms with Crippen molar-refractivity contribution in [2.24, 2.45) is 0 Å². The second-order valence-corrected chi connectivity index (χ2v) is 7.21. The summed E-state index contributed by atoms with van der Waals surface area (Å²) in [7, 11) is 0. The van der Waals surface area contributed by atoms with Crippen LogP contribution in [0.1, 0.15) is 20.8 Å². The Morgan fingerprint density at radius 2 is 1.85 bits per heavy atom. The molecule has 0 saturated heterocycles. The second kappa shape index (κ2) is 7.63. The molecule has 1 aliphatic rings. The van der Waals surface area contributed by atoms with Crippen molar-refractivity contribution in [3.8, 4) is 5.75 Å². The van der Waals surface area contributed by atoms with E-state index in [0.29, 0.717) is 24.5 Å². The number of nitrogens with zero attached hydrogens (tertiary/aromatic N) is 1. The Bertz CT molecular complexity index is 955. The number of hydrogen-bond donors (Lipinski definition) is 1. The van der Waals surface area contributed by atoms with E-state index in [1.807, 2.05) is 46.7 Å². The van der Waals surface area contributed by atoms with Crippen LogP contribution in [0.15, 0.2) is 66.0 Å². The molecule has 3 aromatic rings. The third-order valence-electron chi connectivity index (χ3n) is 4.44. The predicted octanol–water partition coefficient (Wildman–Crippen LogP) is 4.56. The van der Waals surface area contributed by atoms with E-state index in [0.717, 1.165) is 16.9 Å². The lowest BCUT2D eigenvalue weighted by Crippen LogP contribution is -2.35. The number of carbonyl (C=O) groups excluding carboxylic acids is 2. The zero-order valence-corrected chi connectivity index (χ0v) is 15.4. The number of carbonyl (C=O) groups is 2. The summed E-state index contributed by atoms with van der Waals surface area (Å²) in [6.45, 7) is 1.24. The number of fused-ring (bicyclic) bond motifs is 1. The summed E-state index contributed by atoms with van der Waals surface area (Å²) in [4.78, 5) is 27.3. The van der Waals surface area contributed by atoms with Gasteiger partial charge in [0.05, 0.1) is 4.88 Å². The molecule has 0 radical (unpaired) electrons. The standard InChI is InChI=1S/C21H18N2O3S/c24-20(19-7-4-12-27-19)23-11-10-15-8-9-17(13-16(15)14-23)22-21(25)26-18-5-2-1-3-6-18/h1-9,12-13H,10-11,14H2,(H,22,25). The molecule has 4 rings (SSSR count). The first-order chi connectivity index (χ1) is 13.2. The molecular formula is C21H18N2O3S. The summed E-state index contributed by atoms with van der Waals surface area (Å²) in [5.74, 6) is 0.540. The quantitative estimate of drug-likeness (QED) is 0.727. The van der Waals surface area contributed by atoms with Crippen molar-refractivity contribution < 1.29 is 14.3 Å². The number of nitrogens with one attached hydrogen (secondary N) is 1. The molecule has 0 aliphatic carbocycles. The highest BCUT2D eigenvalue weighted by Gasteiger charge is 2.22. The number of thiophene rings is 1. The molecule has 2 amide bonds. The molecule has 0 fully saturated rings. The van der Waals surface area contributed by atoms with Gasteiger partial charge >= 0.3 is 6.09 Å². The first kappa shape index (κ1) is 17.3. The Morgan fingerprint density at radius 1 is 1.00 bits per heavy atom. The molecule has 1 N–H and O–H groups in total. The van der Waals surface area contributed by atoms with Gasteiger partial charge in [0.2, 0.25) is 0 Å². The minimum absolute atomic E-state index is 0.0532. The van der Waals surface area contributed by atoms with Gasteiger partial charge in [-0.3, -0.25) is 10.1 Å². The van der Waals surface area contributed by atoms with Crippen molar-refractivity contribution >= 4 is 29.0 Å². The number of para-hydroxylation sites is 1. The van der Waals surface area contributed by atoms with Gasteiger partial charge in [-0.25, -0.2) is 4.79 Å². The topological polar surface area (TPSA) is 58.6 Å². The highest BCUT2D eigenvalue weighted by molar-refractivity contribution is 7.12. The molecule has 1 aromatic heterocycles. The maximum Gasteiger partial charge on any atom is 0.417 e. The molecule has 0 bridgehead atoms.